The van der Waals surface area contributed by atoms with Crippen molar-refractivity contribution in [3.8, 4) is 0 Å². The fourth-order valence-corrected chi connectivity index (χ4v) is 3.40. The maximum absolute atomic E-state index is 13.4. The Morgan fingerprint density at radius 1 is 1.26 bits per heavy atom. The van der Waals surface area contributed by atoms with Gasteiger partial charge < -0.3 is 15.5 Å². The number of nitrogens with zero attached hydrogens (tertiary/aromatic N) is 5. The zero-order valence-corrected chi connectivity index (χ0v) is 16.3. The van der Waals surface area contributed by atoms with E-state index in [-0.39, 0.29) is 23.8 Å². The Morgan fingerprint density at radius 3 is 2.56 bits per heavy atom. The van der Waals surface area contributed by atoms with Crippen molar-refractivity contribution in [1.82, 2.24) is 24.8 Å². The maximum Gasteiger partial charge on any atom is 0.273 e. The lowest BCUT2D eigenvalue weighted by Gasteiger charge is -2.37. The van der Waals surface area contributed by atoms with Gasteiger partial charge in [-0.1, -0.05) is 13.8 Å². The third kappa shape index (κ3) is 4.80. The van der Waals surface area contributed by atoms with Crippen LogP contribution < -0.4 is 5.73 Å². The third-order valence-corrected chi connectivity index (χ3v) is 5.07. The zero-order chi connectivity index (χ0) is 19.4. The Bertz CT molecular complexity index is 771. The second kappa shape index (κ2) is 8.43. The molecule has 1 fully saturated rings. The molecule has 27 heavy (non-hydrogen) atoms. The molecule has 0 radical (unpaired) electrons. The molecule has 0 saturated carbocycles. The van der Waals surface area contributed by atoms with Gasteiger partial charge in [0.05, 0.1) is 0 Å². The van der Waals surface area contributed by atoms with Gasteiger partial charge in [-0.3, -0.25) is 9.78 Å². The summed E-state index contributed by atoms with van der Waals surface area (Å²) in [6.45, 7) is 6.56. The van der Waals surface area contributed by atoms with Crippen LogP contribution in [0.25, 0.3) is 0 Å². The molecule has 3 heterocycles. The molecule has 0 aliphatic carbocycles. The fraction of sp³-hybridized carbons (Fsp3) is 0.500. The molecule has 0 spiro atoms. The van der Waals surface area contributed by atoms with E-state index in [1.807, 2.05) is 30.9 Å². The van der Waals surface area contributed by atoms with Crippen LogP contribution >= 0.6 is 0 Å². The summed E-state index contributed by atoms with van der Waals surface area (Å²) in [7, 11) is 2.12. The van der Waals surface area contributed by atoms with Crippen molar-refractivity contribution in [1.29, 1.82) is 0 Å². The number of aromatic nitrogens is 3. The highest BCUT2D eigenvalue weighted by Crippen LogP contribution is 2.22. The Hall–Kier alpha value is -2.54. The van der Waals surface area contributed by atoms with E-state index in [1.165, 1.54) is 0 Å². The lowest BCUT2D eigenvalue weighted by Crippen LogP contribution is -2.46. The zero-order valence-electron chi connectivity index (χ0n) is 16.3. The Balaban J connectivity index is 1.90. The topological polar surface area (TPSA) is 88.2 Å². The van der Waals surface area contributed by atoms with Crippen molar-refractivity contribution in [2.24, 2.45) is 0 Å². The van der Waals surface area contributed by atoms with Crippen LogP contribution in [0.2, 0.25) is 0 Å². The molecular weight excluding hydrogens is 340 g/mol. The van der Waals surface area contributed by atoms with Gasteiger partial charge in [0.2, 0.25) is 5.95 Å². The van der Waals surface area contributed by atoms with Crippen molar-refractivity contribution in [2.45, 2.75) is 45.2 Å². The lowest BCUT2D eigenvalue weighted by atomic mass is 10.0. The number of nitrogens with two attached hydrogens (primary N) is 1. The van der Waals surface area contributed by atoms with E-state index in [0.29, 0.717) is 12.2 Å². The quantitative estimate of drug-likeness (QED) is 0.871. The number of hydrogen-bond donors (Lipinski definition) is 1. The van der Waals surface area contributed by atoms with E-state index in [0.717, 1.165) is 37.2 Å². The van der Waals surface area contributed by atoms with Gasteiger partial charge >= 0.3 is 0 Å². The number of carbonyl (C=O) groups is 1. The number of rotatable bonds is 5. The predicted molar refractivity (Wildman–Crippen MR) is 105 cm³/mol. The van der Waals surface area contributed by atoms with Crippen LogP contribution in [0.1, 0.15) is 54.4 Å². The van der Waals surface area contributed by atoms with Crippen LogP contribution in [0.15, 0.2) is 30.6 Å². The smallest absolute Gasteiger partial charge is 0.273 e. The maximum atomic E-state index is 13.4. The lowest BCUT2D eigenvalue weighted by molar-refractivity contribution is 0.0563. The summed E-state index contributed by atoms with van der Waals surface area (Å²) in [6, 6.07) is 5.85. The first-order valence-corrected chi connectivity index (χ1v) is 9.47. The van der Waals surface area contributed by atoms with Crippen molar-refractivity contribution in [2.75, 3.05) is 25.9 Å². The molecule has 7 heteroatoms. The number of anilines is 1. The molecule has 0 bridgehead atoms. The highest BCUT2D eigenvalue weighted by Gasteiger charge is 2.29. The van der Waals surface area contributed by atoms with Gasteiger partial charge in [0, 0.05) is 30.7 Å². The van der Waals surface area contributed by atoms with Crippen LogP contribution in [0.3, 0.4) is 0 Å². The van der Waals surface area contributed by atoms with Crippen LogP contribution in [-0.4, -0.2) is 56.8 Å². The van der Waals surface area contributed by atoms with E-state index in [4.69, 9.17) is 5.73 Å². The average Bonchev–Trinajstić information content (AvgIpc) is 2.66. The van der Waals surface area contributed by atoms with Crippen molar-refractivity contribution >= 4 is 11.9 Å². The Morgan fingerprint density at radius 2 is 1.93 bits per heavy atom. The van der Waals surface area contributed by atoms with Gasteiger partial charge in [-0.15, -0.1) is 0 Å². The van der Waals surface area contributed by atoms with E-state index in [2.05, 4.69) is 26.9 Å². The molecule has 2 aromatic heterocycles. The van der Waals surface area contributed by atoms with E-state index in [9.17, 15) is 4.79 Å². The summed E-state index contributed by atoms with van der Waals surface area (Å²) in [6.07, 6.45) is 5.41. The minimum atomic E-state index is -0.0858. The minimum Gasteiger partial charge on any atom is -0.368 e. The van der Waals surface area contributed by atoms with Gasteiger partial charge in [-0.2, -0.15) is 0 Å². The first-order chi connectivity index (χ1) is 12.9. The SMILES string of the molecule is CC(C)c1cc(C(=O)N(Cc2ccncc2)C2CCN(C)CC2)nc(N)n1. The summed E-state index contributed by atoms with van der Waals surface area (Å²) in [5.74, 6) is 0.244. The average molecular weight is 368 g/mol. The van der Waals surface area contributed by atoms with Crippen LogP contribution in [0.4, 0.5) is 5.95 Å². The highest BCUT2D eigenvalue weighted by molar-refractivity contribution is 5.93. The molecular formula is C20H28N6O. The molecule has 1 saturated heterocycles. The highest BCUT2D eigenvalue weighted by atomic mass is 16.2. The van der Waals surface area contributed by atoms with Crippen molar-refractivity contribution < 1.29 is 4.79 Å². The third-order valence-electron chi connectivity index (χ3n) is 5.07. The number of carbonyl (C=O) groups excluding carboxylic acids is 1. The van der Waals surface area contributed by atoms with Crippen LogP contribution in [0.5, 0.6) is 0 Å². The molecule has 2 aromatic rings. The molecule has 0 aromatic carbocycles. The number of likely N-dealkylation sites (tertiary alicyclic amines) is 1. The molecule has 7 nitrogen and oxygen atoms in total. The Labute approximate surface area is 160 Å². The van der Waals surface area contributed by atoms with Gasteiger partial charge in [-0.25, -0.2) is 9.97 Å². The number of pyridine rings is 1. The van der Waals surface area contributed by atoms with Gasteiger partial charge in [-0.05, 0) is 62.7 Å². The molecule has 0 atom stereocenters. The molecule has 1 aliphatic heterocycles. The largest absolute Gasteiger partial charge is 0.368 e. The summed E-state index contributed by atoms with van der Waals surface area (Å²) >= 11 is 0. The Kier molecular flexibility index (Phi) is 6.01. The normalized spacial score (nSPS) is 15.9. The molecule has 1 amide bonds. The van der Waals surface area contributed by atoms with Crippen LogP contribution in [-0.2, 0) is 6.54 Å². The van der Waals surface area contributed by atoms with Gasteiger partial charge in [0.15, 0.2) is 0 Å². The summed E-state index contributed by atoms with van der Waals surface area (Å²) in [4.78, 5) is 30.2. The summed E-state index contributed by atoms with van der Waals surface area (Å²) in [5.41, 5.74) is 8.10. The first-order valence-electron chi connectivity index (χ1n) is 9.47. The van der Waals surface area contributed by atoms with Gasteiger partial charge in [0.1, 0.15) is 5.69 Å². The van der Waals surface area contributed by atoms with Gasteiger partial charge in [0.25, 0.3) is 5.91 Å². The second-order valence-corrected chi connectivity index (χ2v) is 7.51. The first kappa shape index (κ1) is 19.2. The summed E-state index contributed by atoms with van der Waals surface area (Å²) < 4.78 is 0. The predicted octanol–water partition coefficient (Wildman–Crippen LogP) is 2.31. The van der Waals surface area contributed by atoms with E-state index in [1.54, 1.807) is 18.5 Å². The molecule has 1 aliphatic rings. The number of hydrogen-bond acceptors (Lipinski definition) is 6. The number of amides is 1. The van der Waals surface area contributed by atoms with E-state index >= 15 is 0 Å². The number of piperidine rings is 1. The summed E-state index contributed by atoms with van der Waals surface area (Å²) in [5, 5.41) is 0. The monoisotopic (exact) mass is 368 g/mol. The van der Waals surface area contributed by atoms with Crippen molar-refractivity contribution in [3.05, 3.63) is 47.5 Å². The molecule has 3 rings (SSSR count). The number of nitrogen functional groups attached to an aromatic ring is 1. The van der Waals surface area contributed by atoms with Crippen molar-refractivity contribution in [3.63, 3.8) is 0 Å². The fourth-order valence-electron chi connectivity index (χ4n) is 3.40. The molecule has 2 N–H and O–H groups in total. The molecule has 0 unspecified atom stereocenters. The second-order valence-electron chi connectivity index (χ2n) is 7.51. The molecule has 144 valence electrons. The van der Waals surface area contributed by atoms with Crippen LogP contribution in [0, 0.1) is 0 Å². The van der Waals surface area contributed by atoms with E-state index < -0.39 is 0 Å². The minimum absolute atomic E-state index is 0.0858. The standard InChI is InChI=1S/C20H28N6O/c1-14(2)17-12-18(24-20(21)23-17)19(27)26(13-15-4-8-22-9-5-15)16-6-10-25(3)11-7-16/h4-5,8-9,12,14,16H,6-7,10-11,13H2,1-3H3,(H2,21,23,24).